The van der Waals surface area contributed by atoms with E-state index in [4.69, 9.17) is 11.5 Å². The van der Waals surface area contributed by atoms with Crippen molar-refractivity contribution in [2.75, 3.05) is 11.5 Å². The molecule has 2 heteroatoms. The summed E-state index contributed by atoms with van der Waals surface area (Å²) in [4.78, 5) is 0. The standard InChI is InChI=1S/C19H20N2/c1-3-15(18-6-4-5-7-19(18)21)9-8-14(2)16-10-12-17(20)13-11-16/h3-13H,1,20-21H2,2H3/b14-8+,15-9+. The highest BCUT2D eigenvalue weighted by Gasteiger charge is 2.01. The second-order valence-electron chi connectivity index (χ2n) is 4.89. The second kappa shape index (κ2) is 6.62. The van der Waals surface area contributed by atoms with E-state index in [0.717, 1.165) is 33.6 Å². The van der Waals surface area contributed by atoms with Crippen molar-refractivity contribution >= 4 is 22.5 Å². The summed E-state index contributed by atoms with van der Waals surface area (Å²) in [6.45, 7) is 5.94. The molecule has 0 amide bonds. The van der Waals surface area contributed by atoms with Gasteiger partial charge in [-0.3, -0.25) is 0 Å². The molecule has 2 rings (SSSR count). The molecule has 0 fully saturated rings. The van der Waals surface area contributed by atoms with E-state index in [9.17, 15) is 0 Å². The lowest BCUT2D eigenvalue weighted by Crippen LogP contribution is -1.91. The Morgan fingerprint density at radius 3 is 2.24 bits per heavy atom. The maximum atomic E-state index is 6.01. The lowest BCUT2D eigenvalue weighted by molar-refractivity contribution is 1.56. The van der Waals surface area contributed by atoms with Crippen LogP contribution in [0.4, 0.5) is 11.4 Å². The number of para-hydroxylation sites is 1. The van der Waals surface area contributed by atoms with Crippen LogP contribution in [0, 0.1) is 0 Å². The molecular formula is C19H20N2. The van der Waals surface area contributed by atoms with Gasteiger partial charge in [0.15, 0.2) is 0 Å². The SMILES string of the molecule is C=C/C(=C\C=C(/C)c1ccc(N)cc1)c1ccccc1N. The molecule has 106 valence electrons. The minimum absolute atomic E-state index is 0.752. The van der Waals surface area contributed by atoms with Crippen LogP contribution in [0.15, 0.2) is 73.3 Å². The monoisotopic (exact) mass is 276 g/mol. The smallest absolute Gasteiger partial charge is 0.0393 e. The third-order valence-electron chi connectivity index (χ3n) is 3.37. The van der Waals surface area contributed by atoms with E-state index < -0.39 is 0 Å². The van der Waals surface area contributed by atoms with Crippen molar-refractivity contribution in [2.45, 2.75) is 6.92 Å². The summed E-state index contributed by atoms with van der Waals surface area (Å²) in [6.07, 6.45) is 5.91. The van der Waals surface area contributed by atoms with Crippen LogP contribution in [0.5, 0.6) is 0 Å². The normalized spacial score (nSPS) is 12.2. The van der Waals surface area contributed by atoms with E-state index in [1.54, 1.807) is 0 Å². The molecule has 0 aromatic heterocycles. The number of nitrogen functional groups attached to an aromatic ring is 2. The van der Waals surface area contributed by atoms with Gasteiger partial charge in [0.2, 0.25) is 0 Å². The van der Waals surface area contributed by atoms with Gasteiger partial charge in [-0.1, -0.05) is 55.1 Å². The van der Waals surface area contributed by atoms with E-state index in [1.165, 1.54) is 0 Å². The zero-order valence-corrected chi connectivity index (χ0v) is 12.2. The average Bonchev–Trinajstić information content (AvgIpc) is 2.50. The maximum Gasteiger partial charge on any atom is 0.0393 e. The Balaban J connectivity index is 2.32. The molecule has 2 aromatic rings. The molecule has 21 heavy (non-hydrogen) atoms. The highest BCUT2D eigenvalue weighted by molar-refractivity contribution is 5.83. The van der Waals surface area contributed by atoms with Gasteiger partial charge in [-0.25, -0.2) is 0 Å². The summed E-state index contributed by atoms with van der Waals surface area (Å²) in [5.41, 5.74) is 17.5. The fraction of sp³-hybridized carbons (Fsp3) is 0.0526. The molecule has 4 N–H and O–H groups in total. The number of allylic oxidation sites excluding steroid dienone is 5. The molecule has 0 saturated carbocycles. The van der Waals surface area contributed by atoms with E-state index in [2.05, 4.69) is 19.6 Å². The summed E-state index contributed by atoms with van der Waals surface area (Å²) < 4.78 is 0. The van der Waals surface area contributed by atoms with Crippen molar-refractivity contribution in [3.63, 3.8) is 0 Å². The molecule has 0 radical (unpaired) electrons. The van der Waals surface area contributed by atoms with E-state index in [1.807, 2.05) is 60.7 Å². The predicted molar refractivity (Wildman–Crippen MR) is 93.5 cm³/mol. The van der Waals surface area contributed by atoms with Gasteiger partial charge in [0.05, 0.1) is 0 Å². The molecule has 0 spiro atoms. The molecule has 0 unspecified atom stereocenters. The van der Waals surface area contributed by atoms with Crippen LogP contribution in [0.25, 0.3) is 11.1 Å². The number of benzene rings is 2. The Kier molecular flexibility index (Phi) is 4.62. The van der Waals surface area contributed by atoms with Crippen LogP contribution in [-0.4, -0.2) is 0 Å². The maximum absolute atomic E-state index is 6.01. The van der Waals surface area contributed by atoms with Crippen LogP contribution >= 0.6 is 0 Å². The topological polar surface area (TPSA) is 52.0 Å². The fourth-order valence-corrected chi connectivity index (χ4v) is 2.08. The Labute approximate surface area is 126 Å². The van der Waals surface area contributed by atoms with Crippen molar-refractivity contribution in [1.29, 1.82) is 0 Å². The summed E-state index contributed by atoms with van der Waals surface area (Å²) >= 11 is 0. The lowest BCUT2D eigenvalue weighted by atomic mass is 10.0. The van der Waals surface area contributed by atoms with E-state index in [-0.39, 0.29) is 0 Å². The molecule has 0 saturated heterocycles. The minimum Gasteiger partial charge on any atom is -0.399 e. The Morgan fingerprint density at radius 1 is 0.952 bits per heavy atom. The van der Waals surface area contributed by atoms with Gasteiger partial charge in [-0.15, -0.1) is 0 Å². The van der Waals surface area contributed by atoms with Crippen LogP contribution in [0.2, 0.25) is 0 Å². The summed E-state index contributed by atoms with van der Waals surface area (Å²) in [7, 11) is 0. The van der Waals surface area contributed by atoms with Crippen LogP contribution in [0.1, 0.15) is 18.1 Å². The van der Waals surface area contributed by atoms with Crippen molar-refractivity contribution < 1.29 is 0 Å². The van der Waals surface area contributed by atoms with E-state index in [0.29, 0.717) is 0 Å². The Morgan fingerprint density at radius 2 is 1.62 bits per heavy atom. The van der Waals surface area contributed by atoms with Gasteiger partial charge in [-0.05, 0) is 41.8 Å². The number of nitrogens with two attached hydrogens (primary N) is 2. The third-order valence-corrected chi connectivity index (χ3v) is 3.37. The molecule has 0 aliphatic rings. The molecular weight excluding hydrogens is 256 g/mol. The lowest BCUT2D eigenvalue weighted by Gasteiger charge is -2.06. The average molecular weight is 276 g/mol. The first-order valence-electron chi connectivity index (χ1n) is 6.83. The van der Waals surface area contributed by atoms with Gasteiger partial charge in [0.25, 0.3) is 0 Å². The van der Waals surface area contributed by atoms with Crippen molar-refractivity contribution in [2.24, 2.45) is 0 Å². The largest absolute Gasteiger partial charge is 0.399 e. The van der Waals surface area contributed by atoms with Gasteiger partial charge in [0, 0.05) is 16.9 Å². The minimum atomic E-state index is 0.752. The summed E-state index contributed by atoms with van der Waals surface area (Å²) in [6, 6.07) is 15.6. The fourth-order valence-electron chi connectivity index (χ4n) is 2.08. The number of anilines is 2. The summed E-state index contributed by atoms with van der Waals surface area (Å²) in [5, 5.41) is 0. The van der Waals surface area contributed by atoms with Crippen LogP contribution in [-0.2, 0) is 0 Å². The number of hydrogen-bond donors (Lipinski definition) is 2. The van der Waals surface area contributed by atoms with Crippen molar-refractivity contribution in [3.8, 4) is 0 Å². The first-order chi connectivity index (χ1) is 10.1. The Hall–Kier alpha value is -2.74. The third kappa shape index (κ3) is 3.63. The van der Waals surface area contributed by atoms with Gasteiger partial charge < -0.3 is 11.5 Å². The predicted octanol–water partition coefficient (Wildman–Crippen LogP) is 4.52. The molecule has 2 aromatic carbocycles. The highest BCUT2D eigenvalue weighted by Crippen LogP contribution is 2.23. The molecule has 0 aliphatic carbocycles. The van der Waals surface area contributed by atoms with Crippen molar-refractivity contribution in [1.82, 2.24) is 0 Å². The van der Waals surface area contributed by atoms with Gasteiger partial charge in [-0.2, -0.15) is 0 Å². The quantitative estimate of drug-likeness (QED) is 0.637. The zero-order valence-electron chi connectivity index (χ0n) is 12.2. The summed E-state index contributed by atoms with van der Waals surface area (Å²) in [5.74, 6) is 0. The molecule has 0 heterocycles. The van der Waals surface area contributed by atoms with Crippen LogP contribution in [0.3, 0.4) is 0 Å². The van der Waals surface area contributed by atoms with E-state index >= 15 is 0 Å². The highest BCUT2D eigenvalue weighted by atomic mass is 14.6. The Bertz CT molecular complexity index is 692. The first kappa shape index (κ1) is 14.7. The van der Waals surface area contributed by atoms with Gasteiger partial charge >= 0.3 is 0 Å². The zero-order chi connectivity index (χ0) is 15.2. The van der Waals surface area contributed by atoms with Crippen LogP contribution < -0.4 is 11.5 Å². The molecule has 0 atom stereocenters. The molecule has 0 bridgehead atoms. The number of hydrogen-bond acceptors (Lipinski definition) is 2. The molecule has 0 aliphatic heterocycles. The van der Waals surface area contributed by atoms with Gasteiger partial charge in [0.1, 0.15) is 0 Å². The number of rotatable bonds is 4. The first-order valence-corrected chi connectivity index (χ1v) is 6.83. The molecule has 2 nitrogen and oxygen atoms in total. The van der Waals surface area contributed by atoms with Crippen molar-refractivity contribution in [3.05, 3.63) is 84.5 Å². The second-order valence-corrected chi connectivity index (χ2v) is 4.89.